The van der Waals surface area contributed by atoms with Gasteiger partial charge in [-0.3, -0.25) is 4.68 Å². The number of piperazine rings is 1. The fraction of sp³-hybridized carbons (Fsp3) is 0.524. The molecule has 1 saturated heterocycles. The van der Waals surface area contributed by atoms with E-state index in [0.29, 0.717) is 36.3 Å². The van der Waals surface area contributed by atoms with Crippen LogP contribution < -0.4 is 4.90 Å². The third kappa shape index (κ3) is 5.02. The molecule has 0 bridgehead atoms. The molecule has 2 aromatic rings. The molecule has 1 aromatic carbocycles. The Hall–Kier alpha value is -1.96. The zero-order valence-electron chi connectivity index (χ0n) is 18.0. The van der Waals surface area contributed by atoms with E-state index in [0.717, 1.165) is 17.1 Å². The SMILES string of the molecule is COCC1CN(C(=O)OC(C)(C)C)CCN1c1cc(-c2cccc(Cl)c2Cl)nn1C. The molecule has 1 aliphatic heterocycles. The maximum absolute atomic E-state index is 12.5. The minimum atomic E-state index is -0.530. The fourth-order valence-electron chi connectivity index (χ4n) is 3.54. The number of carbonyl (C=O) groups excluding carboxylic acids is 1. The van der Waals surface area contributed by atoms with E-state index >= 15 is 0 Å². The molecule has 9 heteroatoms. The molecule has 0 spiro atoms. The number of anilines is 1. The summed E-state index contributed by atoms with van der Waals surface area (Å²) < 4.78 is 12.8. The van der Waals surface area contributed by atoms with Gasteiger partial charge in [0, 0.05) is 45.4 Å². The highest BCUT2D eigenvalue weighted by molar-refractivity contribution is 6.43. The van der Waals surface area contributed by atoms with Crippen LogP contribution in [0, 0.1) is 0 Å². The molecule has 1 fully saturated rings. The van der Waals surface area contributed by atoms with E-state index in [-0.39, 0.29) is 12.1 Å². The summed E-state index contributed by atoms with van der Waals surface area (Å²) in [5, 5.41) is 5.61. The fourth-order valence-corrected chi connectivity index (χ4v) is 3.94. The first-order valence-corrected chi connectivity index (χ1v) is 10.6. The highest BCUT2D eigenvalue weighted by Gasteiger charge is 2.33. The first-order chi connectivity index (χ1) is 14.1. The number of hydrogen-bond acceptors (Lipinski definition) is 5. The molecule has 1 aromatic heterocycles. The van der Waals surface area contributed by atoms with Crippen LogP contribution in [-0.2, 0) is 16.5 Å². The number of aryl methyl sites for hydroxylation is 1. The average Bonchev–Trinajstić information content (AvgIpc) is 3.04. The summed E-state index contributed by atoms with van der Waals surface area (Å²) in [5.41, 5.74) is 0.991. The van der Waals surface area contributed by atoms with Crippen LogP contribution in [0.4, 0.5) is 10.6 Å². The summed E-state index contributed by atoms with van der Waals surface area (Å²) in [6.07, 6.45) is -0.306. The highest BCUT2D eigenvalue weighted by atomic mass is 35.5. The number of methoxy groups -OCH3 is 1. The Bertz CT molecular complexity index is 910. The van der Waals surface area contributed by atoms with Crippen molar-refractivity contribution in [2.45, 2.75) is 32.4 Å². The van der Waals surface area contributed by atoms with E-state index in [1.807, 2.05) is 50.7 Å². The van der Waals surface area contributed by atoms with Crippen molar-refractivity contribution in [3.8, 4) is 11.3 Å². The summed E-state index contributed by atoms with van der Waals surface area (Å²) in [5.74, 6) is 0.923. The van der Waals surface area contributed by atoms with Gasteiger partial charge in [0.2, 0.25) is 0 Å². The number of nitrogens with zero attached hydrogens (tertiary/aromatic N) is 4. The Morgan fingerprint density at radius 3 is 2.67 bits per heavy atom. The van der Waals surface area contributed by atoms with Gasteiger partial charge in [-0.25, -0.2) is 4.79 Å². The van der Waals surface area contributed by atoms with Crippen LogP contribution in [0.15, 0.2) is 24.3 Å². The standard InChI is InChI=1S/C21H28Cl2N4O3/c1-21(2,3)30-20(28)26-9-10-27(14(12-26)13-29-5)18-11-17(24-25(18)4)15-7-6-8-16(22)19(15)23/h6-8,11,14H,9-10,12-13H2,1-5H3. The van der Waals surface area contributed by atoms with Crippen molar-refractivity contribution >= 4 is 35.1 Å². The summed E-state index contributed by atoms with van der Waals surface area (Å²) in [6, 6.07) is 7.46. The minimum absolute atomic E-state index is 0.0330. The summed E-state index contributed by atoms with van der Waals surface area (Å²) in [4.78, 5) is 16.5. The molecule has 0 saturated carbocycles. The van der Waals surface area contributed by atoms with E-state index in [2.05, 4.69) is 10.00 Å². The third-order valence-corrected chi connectivity index (χ3v) is 5.69. The second-order valence-corrected chi connectivity index (χ2v) is 9.13. The van der Waals surface area contributed by atoms with Gasteiger partial charge in [-0.2, -0.15) is 5.10 Å². The Morgan fingerprint density at radius 2 is 2.00 bits per heavy atom. The van der Waals surface area contributed by atoms with Gasteiger partial charge in [-0.15, -0.1) is 0 Å². The number of hydrogen-bond donors (Lipinski definition) is 0. The monoisotopic (exact) mass is 454 g/mol. The zero-order valence-corrected chi connectivity index (χ0v) is 19.5. The maximum atomic E-state index is 12.5. The van der Waals surface area contributed by atoms with Gasteiger partial charge < -0.3 is 19.3 Å². The van der Waals surface area contributed by atoms with Crippen molar-refractivity contribution < 1.29 is 14.3 Å². The summed E-state index contributed by atoms with van der Waals surface area (Å²) in [7, 11) is 3.55. The Kier molecular flexibility index (Phi) is 6.84. The van der Waals surface area contributed by atoms with E-state index in [4.69, 9.17) is 32.7 Å². The molecule has 0 N–H and O–H groups in total. The smallest absolute Gasteiger partial charge is 0.410 e. The summed E-state index contributed by atoms with van der Waals surface area (Å²) >= 11 is 12.6. The topological polar surface area (TPSA) is 59.8 Å². The van der Waals surface area contributed by atoms with Crippen LogP contribution in [0.3, 0.4) is 0 Å². The predicted molar refractivity (Wildman–Crippen MR) is 119 cm³/mol. The molecule has 164 valence electrons. The minimum Gasteiger partial charge on any atom is -0.444 e. The van der Waals surface area contributed by atoms with Gasteiger partial charge in [-0.05, 0) is 26.8 Å². The quantitative estimate of drug-likeness (QED) is 0.681. The molecule has 2 heterocycles. The Balaban J connectivity index is 1.84. The van der Waals surface area contributed by atoms with Crippen LogP contribution in [0.5, 0.6) is 0 Å². The number of carbonyl (C=O) groups is 1. The molecule has 0 radical (unpaired) electrons. The van der Waals surface area contributed by atoms with Gasteiger partial charge in [-0.1, -0.05) is 35.3 Å². The van der Waals surface area contributed by atoms with Gasteiger partial charge in [0.25, 0.3) is 0 Å². The van der Waals surface area contributed by atoms with Crippen molar-refractivity contribution in [1.29, 1.82) is 0 Å². The first kappa shape index (κ1) is 22.7. The van der Waals surface area contributed by atoms with Crippen molar-refractivity contribution in [1.82, 2.24) is 14.7 Å². The third-order valence-electron chi connectivity index (χ3n) is 4.87. The molecule has 7 nitrogen and oxygen atoms in total. The molecular weight excluding hydrogens is 427 g/mol. The second-order valence-electron chi connectivity index (χ2n) is 8.34. The lowest BCUT2D eigenvalue weighted by Crippen LogP contribution is -2.57. The van der Waals surface area contributed by atoms with Crippen molar-refractivity contribution in [3.05, 3.63) is 34.3 Å². The molecule has 30 heavy (non-hydrogen) atoms. The molecule has 1 unspecified atom stereocenters. The normalized spacial score (nSPS) is 17.4. The second kappa shape index (κ2) is 9.04. The number of amides is 1. The predicted octanol–water partition coefficient (Wildman–Crippen LogP) is 4.47. The lowest BCUT2D eigenvalue weighted by Gasteiger charge is -2.42. The number of rotatable bonds is 4. The van der Waals surface area contributed by atoms with Crippen molar-refractivity contribution in [3.63, 3.8) is 0 Å². The van der Waals surface area contributed by atoms with Gasteiger partial charge in [0.15, 0.2) is 0 Å². The van der Waals surface area contributed by atoms with E-state index in [1.54, 1.807) is 18.1 Å². The molecule has 0 aliphatic carbocycles. The molecule has 1 amide bonds. The molecular formula is C21H28Cl2N4O3. The Morgan fingerprint density at radius 1 is 1.27 bits per heavy atom. The largest absolute Gasteiger partial charge is 0.444 e. The van der Waals surface area contributed by atoms with Crippen molar-refractivity contribution in [2.75, 3.05) is 38.3 Å². The van der Waals surface area contributed by atoms with E-state index in [9.17, 15) is 4.79 Å². The number of aromatic nitrogens is 2. The number of halogens is 2. The van der Waals surface area contributed by atoms with Gasteiger partial charge in [0.1, 0.15) is 11.4 Å². The van der Waals surface area contributed by atoms with Crippen LogP contribution >= 0.6 is 23.2 Å². The van der Waals surface area contributed by atoms with Crippen LogP contribution in [0.25, 0.3) is 11.3 Å². The van der Waals surface area contributed by atoms with Crippen molar-refractivity contribution in [2.24, 2.45) is 7.05 Å². The lowest BCUT2D eigenvalue weighted by molar-refractivity contribution is 0.0185. The average molecular weight is 455 g/mol. The summed E-state index contributed by atoms with van der Waals surface area (Å²) in [6.45, 7) is 7.76. The van der Waals surface area contributed by atoms with E-state index < -0.39 is 5.60 Å². The zero-order chi connectivity index (χ0) is 22.1. The van der Waals surface area contributed by atoms with Gasteiger partial charge in [0.05, 0.1) is 28.4 Å². The van der Waals surface area contributed by atoms with Crippen LogP contribution in [0.1, 0.15) is 20.8 Å². The molecule has 1 atom stereocenters. The van der Waals surface area contributed by atoms with Gasteiger partial charge >= 0.3 is 6.09 Å². The Labute approximate surface area is 187 Å². The number of benzene rings is 1. The van der Waals surface area contributed by atoms with E-state index in [1.165, 1.54) is 0 Å². The first-order valence-electron chi connectivity index (χ1n) is 9.82. The van der Waals surface area contributed by atoms with Crippen LogP contribution in [0.2, 0.25) is 10.0 Å². The maximum Gasteiger partial charge on any atom is 0.410 e. The van der Waals surface area contributed by atoms with Crippen LogP contribution in [-0.4, -0.2) is 65.8 Å². The highest BCUT2D eigenvalue weighted by Crippen LogP contribution is 2.35. The molecule has 1 aliphatic rings. The lowest BCUT2D eigenvalue weighted by atomic mass is 10.1. The number of ether oxygens (including phenoxy) is 2. The molecule has 3 rings (SSSR count).